The second kappa shape index (κ2) is 8.61. The monoisotopic (exact) mass is 394 g/mol. The summed E-state index contributed by atoms with van der Waals surface area (Å²) in [6.45, 7) is 0. The molecule has 2 fully saturated rings. The lowest BCUT2D eigenvalue weighted by Gasteiger charge is -2.39. The molecule has 2 aliphatic heterocycles. The molecule has 7 heteroatoms. The Balaban J connectivity index is 1.42. The smallest absolute Gasteiger partial charge is 0.243 e. The normalized spacial score (nSPS) is 23.7. The molecule has 0 saturated carbocycles. The van der Waals surface area contributed by atoms with Crippen molar-refractivity contribution in [2.75, 3.05) is 7.05 Å². The Labute approximate surface area is 170 Å². The number of likely N-dealkylation sites (N-methyl/N-ethyl adjacent to an activating group) is 1. The van der Waals surface area contributed by atoms with E-state index >= 15 is 0 Å². The van der Waals surface area contributed by atoms with Crippen molar-refractivity contribution in [1.29, 1.82) is 0 Å². The summed E-state index contributed by atoms with van der Waals surface area (Å²) in [5, 5.41) is 25.0. The third kappa shape index (κ3) is 4.74. The number of nitrogens with one attached hydrogen (secondary N) is 2. The number of aromatic hydroxyl groups is 1. The topological polar surface area (TPSA) is 96.4 Å². The van der Waals surface area contributed by atoms with Crippen LogP contribution in [0.2, 0.25) is 0 Å². The number of hydrogen-bond donors (Lipinski definition) is 3. The van der Waals surface area contributed by atoms with Gasteiger partial charge < -0.3 is 20.5 Å². The maximum Gasteiger partial charge on any atom is 0.243 e. The van der Waals surface area contributed by atoms with Crippen LogP contribution in [0.25, 0.3) is 17.3 Å². The SMILES string of the molecule is CNC(=O)/C=C/c1ccc(-c2ccc(OC3CC4CCCC(C3)N4)nn2)c(O)c1. The van der Waals surface area contributed by atoms with E-state index in [9.17, 15) is 9.90 Å². The van der Waals surface area contributed by atoms with Gasteiger partial charge in [-0.2, -0.15) is 0 Å². The lowest BCUT2D eigenvalue weighted by Crippen LogP contribution is -2.51. The van der Waals surface area contributed by atoms with Gasteiger partial charge in [-0.3, -0.25) is 4.79 Å². The molecule has 0 radical (unpaired) electrons. The Kier molecular flexibility index (Phi) is 5.76. The van der Waals surface area contributed by atoms with E-state index < -0.39 is 0 Å². The van der Waals surface area contributed by atoms with Gasteiger partial charge in [0.1, 0.15) is 11.9 Å². The van der Waals surface area contributed by atoms with Crippen LogP contribution in [0.5, 0.6) is 11.6 Å². The van der Waals surface area contributed by atoms with Crippen LogP contribution in [0.1, 0.15) is 37.7 Å². The third-order valence-electron chi connectivity index (χ3n) is 5.57. The highest BCUT2D eigenvalue weighted by atomic mass is 16.5. The number of piperidine rings is 2. The minimum atomic E-state index is -0.201. The summed E-state index contributed by atoms with van der Waals surface area (Å²) in [5.74, 6) is 0.397. The van der Waals surface area contributed by atoms with Crippen molar-refractivity contribution in [2.24, 2.45) is 0 Å². The summed E-state index contributed by atoms with van der Waals surface area (Å²) in [5.41, 5.74) is 1.87. The van der Waals surface area contributed by atoms with Gasteiger partial charge in [0.15, 0.2) is 0 Å². The first-order valence-corrected chi connectivity index (χ1v) is 10.1. The molecule has 2 atom stereocenters. The number of carbonyl (C=O) groups is 1. The molecule has 2 saturated heterocycles. The van der Waals surface area contributed by atoms with Crippen molar-refractivity contribution < 1.29 is 14.6 Å². The van der Waals surface area contributed by atoms with Crippen molar-refractivity contribution in [3.8, 4) is 22.9 Å². The summed E-state index contributed by atoms with van der Waals surface area (Å²) in [6.07, 6.45) is 8.97. The van der Waals surface area contributed by atoms with Crippen LogP contribution < -0.4 is 15.4 Å². The van der Waals surface area contributed by atoms with Crippen LogP contribution in [-0.4, -0.2) is 46.4 Å². The minimum Gasteiger partial charge on any atom is -0.507 e. The van der Waals surface area contributed by atoms with Crippen LogP contribution >= 0.6 is 0 Å². The largest absolute Gasteiger partial charge is 0.507 e. The highest BCUT2D eigenvalue weighted by Gasteiger charge is 2.32. The Morgan fingerprint density at radius 1 is 1.21 bits per heavy atom. The molecule has 7 nitrogen and oxygen atoms in total. The maximum atomic E-state index is 11.3. The highest BCUT2D eigenvalue weighted by molar-refractivity contribution is 5.91. The van der Waals surface area contributed by atoms with Gasteiger partial charge in [0, 0.05) is 36.8 Å². The number of rotatable bonds is 5. The molecule has 3 heterocycles. The number of nitrogens with zero attached hydrogens (tertiary/aromatic N) is 2. The molecular formula is C22H26N4O3. The van der Waals surface area contributed by atoms with E-state index in [0.717, 1.165) is 18.4 Å². The Morgan fingerprint density at radius 2 is 2.00 bits per heavy atom. The van der Waals surface area contributed by atoms with E-state index in [1.54, 1.807) is 37.4 Å². The first kappa shape index (κ1) is 19.4. The average Bonchev–Trinajstić information content (AvgIpc) is 2.72. The molecule has 29 heavy (non-hydrogen) atoms. The third-order valence-corrected chi connectivity index (χ3v) is 5.57. The van der Waals surface area contributed by atoms with Gasteiger partial charge in [-0.1, -0.05) is 12.5 Å². The standard InChI is InChI=1S/C22H26N4O3/c1-23-21(28)9-6-14-5-7-18(20(27)11-14)19-8-10-22(26-25-19)29-17-12-15-3-2-4-16(13-17)24-15/h5-11,15-17,24,27H,2-4,12-13H2,1H3,(H,23,28)/b9-6+. The van der Waals surface area contributed by atoms with Crippen molar-refractivity contribution in [2.45, 2.75) is 50.3 Å². The van der Waals surface area contributed by atoms with Crippen LogP contribution in [0.15, 0.2) is 36.4 Å². The predicted molar refractivity (Wildman–Crippen MR) is 110 cm³/mol. The molecule has 1 aromatic carbocycles. The average molecular weight is 394 g/mol. The number of hydrogen-bond acceptors (Lipinski definition) is 6. The second-order valence-corrected chi connectivity index (χ2v) is 7.68. The highest BCUT2D eigenvalue weighted by Crippen LogP contribution is 2.31. The zero-order chi connectivity index (χ0) is 20.2. The number of aromatic nitrogens is 2. The lowest BCUT2D eigenvalue weighted by molar-refractivity contribution is -0.115. The van der Waals surface area contributed by atoms with Gasteiger partial charge in [-0.25, -0.2) is 0 Å². The molecule has 152 valence electrons. The molecule has 0 aliphatic carbocycles. The summed E-state index contributed by atoms with van der Waals surface area (Å²) >= 11 is 0. The van der Waals surface area contributed by atoms with E-state index in [2.05, 4.69) is 20.8 Å². The molecule has 3 N–H and O–H groups in total. The Hall–Kier alpha value is -2.93. The summed E-state index contributed by atoms with van der Waals surface area (Å²) in [6, 6.07) is 9.87. The Morgan fingerprint density at radius 3 is 2.66 bits per heavy atom. The van der Waals surface area contributed by atoms with Gasteiger partial charge in [0.25, 0.3) is 0 Å². The molecule has 2 bridgehead atoms. The fourth-order valence-corrected chi connectivity index (χ4v) is 4.13. The van der Waals surface area contributed by atoms with E-state index in [1.165, 1.54) is 25.3 Å². The number of amides is 1. The van der Waals surface area contributed by atoms with Crippen molar-refractivity contribution >= 4 is 12.0 Å². The number of phenols is 1. The van der Waals surface area contributed by atoms with Gasteiger partial charge in [0.05, 0.1) is 5.69 Å². The quantitative estimate of drug-likeness (QED) is 0.675. The summed E-state index contributed by atoms with van der Waals surface area (Å²) in [4.78, 5) is 11.3. The Bertz CT molecular complexity index is 885. The fraction of sp³-hybridized carbons (Fsp3) is 0.409. The lowest BCUT2D eigenvalue weighted by atomic mass is 9.85. The van der Waals surface area contributed by atoms with E-state index in [-0.39, 0.29) is 17.8 Å². The molecule has 4 rings (SSSR count). The number of phenolic OH excluding ortho intramolecular Hbond substituents is 1. The summed E-state index contributed by atoms with van der Waals surface area (Å²) in [7, 11) is 1.57. The van der Waals surface area contributed by atoms with Gasteiger partial charge in [0.2, 0.25) is 11.8 Å². The zero-order valence-electron chi connectivity index (χ0n) is 16.5. The van der Waals surface area contributed by atoms with Gasteiger partial charge in [-0.15, -0.1) is 10.2 Å². The van der Waals surface area contributed by atoms with E-state index in [0.29, 0.717) is 29.2 Å². The molecule has 1 aromatic heterocycles. The van der Waals surface area contributed by atoms with Crippen LogP contribution in [-0.2, 0) is 4.79 Å². The van der Waals surface area contributed by atoms with E-state index in [4.69, 9.17) is 4.74 Å². The number of carbonyl (C=O) groups excluding carboxylic acids is 1. The molecule has 2 unspecified atom stereocenters. The number of fused-ring (bicyclic) bond motifs is 2. The summed E-state index contributed by atoms with van der Waals surface area (Å²) < 4.78 is 6.07. The van der Waals surface area contributed by atoms with Crippen molar-refractivity contribution in [3.05, 3.63) is 42.0 Å². The van der Waals surface area contributed by atoms with E-state index in [1.807, 2.05) is 6.07 Å². The van der Waals surface area contributed by atoms with Crippen molar-refractivity contribution in [3.63, 3.8) is 0 Å². The van der Waals surface area contributed by atoms with Crippen LogP contribution in [0, 0.1) is 0 Å². The fourth-order valence-electron chi connectivity index (χ4n) is 4.13. The van der Waals surface area contributed by atoms with Gasteiger partial charge >= 0.3 is 0 Å². The number of ether oxygens (including phenoxy) is 1. The molecule has 1 amide bonds. The molecule has 2 aliphatic rings. The second-order valence-electron chi connectivity index (χ2n) is 7.68. The van der Waals surface area contributed by atoms with Crippen LogP contribution in [0.3, 0.4) is 0 Å². The van der Waals surface area contributed by atoms with Gasteiger partial charge in [-0.05, 0) is 55.5 Å². The maximum absolute atomic E-state index is 11.3. The molecule has 0 spiro atoms. The first-order chi connectivity index (χ1) is 14.1. The molecular weight excluding hydrogens is 368 g/mol. The number of benzene rings is 1. The zero-order valence-corrected chi connectivity index (χ0v) is 16.5. The van der Waals surface area contributed by atoms with Crippen LogP contribution in [0.4, 0.5) is 0 Å². The molecule has 2 aromatic rings. The van der Waals surface area contributed by atoms with Crippen molar-refractivity contribution in [1.82, 2.24) is 20.8 Å². The minimum absolute atomic E-state index is 0.0817. The predicted octanol–water partition coefficient (Wildman–Crippen LogP) is 2.66. The first-order valence-electron chi connectivity index (χ1n) is 10.1.